The third kappa shape index (κ3) is 4.46. The summed E-state index contributed by atoms with van der Waals surface area (Å²) in [5, 5.41) is 3.67. The standard InChI is InChI=1S/C17H27N3O/c1-4-20-11-9-16(10-12-20)18-17-8-6-5-7-15(17)13-19(3)14(2)21/h5-8,16,18H,4,9-13H2,1-3H3. The van der Waals surface area contributed by atoms with Crippen LogP contribution in [-0.4, -0.2) is 48.4 Å². The summed E-state index contributed by atoms with van der Waals surface area (Å²) in [5.41, 5.74) is 2.36. The van der Waals surface area contributed by atoms with Crippen LogP contribution in [0.4, 0.5) is 5.69 Å². The molecule has 1 amide bonds. The second kappa shape index (κ2) is 7.46. The Bertz CT molecular complexity index is 467. The highest BCUT2D eigenvalue weighted by molar-refractivity contribution is 5.73. The van der Waals surface area contributed by atoms with Crippen molar-refractivity contribution >= 4 is 11.6 Å². The monoisotopic (exact) mass is 289 g/mol. The lowest BCUT2D eigenvalue weighted by Crippen LogP contribution is -2.39. The summed E-state index contributed by atoms with van der Waals surface area (Å²) >= 11 is 0. The van der Waals surface area contributed by atoms with Crippen LogP contribution >= 0.6 is 0 Å². The number of likely N-dealkylation sites (tertiary alicyclic amines) is 1. The molecule has 1 aromatic rings. The van der Waals surface area contributed by atoms with Crippen molar-refractivity contribution in [2.75, 3.05) is 32.0 Å². The topological polar surface area (TPSA) is 35.6 Å². The Morgan fingerprint density at radius 1 is 1.33 bits per heavy atom. The van der Waals surface area contributed by atoms with E-state index in [2.05, 4.69) is 35.3 Å². The highest BCUT2D eigenvalue weighted by atomic mass is 16.2. The Kier molecular flexibility index (Phi) is 5.62. The molecule has 4 nitrogen and oxygen atoms in total. The first-order valence-electron chi connectivity index (χ1n) is 7.88. The molecular weight excluding hydrogens is 262 g/mol. The molecule has 1 aliphatic rings. The first-order valence-corrected chi connectivity index (χ1v) is 7.88. The number of carbonyl (C=O) groups is 1. The molecule has 0 radical (unpaired) electrons. The fourth-order valence-corrected chi connectivity index (χ4v) is 2.78. The van der Waals surface area contributed by atoms with Crippen molar-refractivity contribution in [1.29, 1.82) is 0 Å². The molecule has 1 aromatic carbocycles. The first kappa shape index (κ1) is 15.8. The highest BCUT2D eigenvalue weighted by Crippen LogP contribution is 2.21. The average Bonchev–Trinajstić information content (AvgIpc) is 2.50. The summed E-state index contributed by atoms with van der Waals surface area (Å²) < 4.78 is 0. The Morgan fingerprint density at radius 3 is 2.62 bits per heavy atom. The van der Waals surface area contributed by atoms with Gasteiger partial charge in [-0.2, -0.15) is 0 Å². The van der Waals surface area contributed by atoms with Crippen LogP contribution in [0, 0.1) is 0 Å². The maximum Gasteiger partial charge on any atom is 0.219 e. The first-order chi connectivity index (χ1) is 10.1. The van der Waals surface area contributed by atoms with E-state index in [1.807, 2.05) is 13.1 Å². The van der Waals surface area contributed by atoms with Crippen LogP contribution in [0.3, 0.4) is 0 Å². The number of hydrogen-bond acceptors (Lipinski definition) is 3. The molecule has 4 heteroatoms. The van der Waals surface area contributed by atoms with E-state index < -0.39 is 0 Å². The predicted octanol–water partition coefficient (Wildman–Crippen LogP) is 2.56. The van der Waals surface area contributed by atoms with Crippen molar-refractivity contribution < 1.29 is 4.79 Å². The van der Waals surface area contributed by atoms with Gasteiger partial charge in [-0.05, 0) is 31.0 Å². The number of carbonyl (C=O) groups excluding carboxylic acids is 1. The van der Waals surface area contributed by atoms with E-state index in [0.717, 1.165) is 6.54 Å². The second-order valence-corrected chi connectivity index (χ2v) is 5.89. The van der Waals surface area contributed by atoms with Gasteiger partial charge in [-0.25, -0.2) is 0 Å². The number of benzene rings is 1. The lowest BCUT2D eigenvalue weighted by molar-refractivity contribution is -0.128. The molecule has 1 heterocycles. The van der Waals surface area contributed by atoms with Crippen LogP contribution < -0.4 is 5.32 Å². The van der Waals surface area contributed by atoms with Crippen molar-refractivity contribution in [3.05, 3.63) is 29.8 Å². The number of nitrogens with zero attached hydrogens (tertiary/aromatic N) is 2. The van der Waals surface area contributed by atoms with E-state index in [9.17, 15) is 4.79 Å². The summed E-state index contributed by atoms with van der Waals surface area (Å²) in [6, 6.07) is 8.85. The lowest BCUT2D eigenvalue weighted by atomic mass is 10.0. The number of hydrogen-bond donors (Lipinski definition) is 1. The number of rotatable bonds is 5. The number of amides is 1. The maximum absolute atomic E-state index is 11.4. The maximum atomic E-state index is 11.4. The van der Waals surface area contributed by atoms with Crippen LogP contribution in [0.15, 0.2) is 24.3 Å². The van der Waals surface area contributed by atoms with E-state index in [0.29, 0.717) is 12.6 Å². The summed E-state index contributed by atoms with van der Waals surface area (Å²) in [6.45, 7) is 7.98. The Morgan fingerprint density at radius 2 is 2.00 bits per heavy atom. The Labute approximate surface area is 128 Å². The molecule has 21 heavy (non-hydrogen) atoms. The molecule has 1 N–H and O–H groups in total. The van der Waals surface area contributed by atoms with Gasteiger partial charge in [0, 0.05) is 45.3 Å². The van der Waals surface area contributed by atoms with Crippen molar-refractivity contribution in [3.8, 4) is 0 Å². The molecule has 0 atom stereocenters. The van der Waals surface area contributed by atoms with Gasteiger partial charge in [-0.1, -0.05) is 25.1 Å². The van der Waals surface area contributed by atoms with Crippen molar-refractivity contribution in [1.82, 2.24) is 9.80 Å². The van der Waals surface area contributed by atoms with E-state index >= 15 is 0 Å². The third-order valence-electron chi connectivity index (χ3n) is 4.36. The molecule has 1 aliphatic heterocycles. The quantitative estimate of drug-likeness (QED) is 0.905. The van der Waals surface area contributed by atoms with Crippen LogP contribution in [-0.2, 0) is 11.3 Å². The summed E-state index contributed by atoms with van der Waals surface area (Å²) in [7, 11) is 1.85. The van der Waals surface area contributed by atoms with Crippen molar-refractivity contribution in [3.63, 3.8) is 0 Å². The molecule has 1 fully saturated rings. The second-order valence-electron chi connectivity index (χ2n) is 5.89. The van der Waals surface area contributed by atoms with Gasteiger partial charge in [0.15, 0.2) is 0 Å². The molecule has 116 valence electrons. The molecule has 2 rings (SSSR count). The van der Waals surface area contributed by atoms with E-state index in [1.165, 1.54) is 37.2 Å². The van der Waals surface area contributed by atoms with Gasteiger partial charge in [-0.3, -0.25) is 4.79 Å². The molecule has 0 unspecified atom stereocenters. The minimum absolute atomic E-state index is 0.0982. The summed E-state index contributed by atoms with van der Waals surface area (Å²) in [6.07, 6.45) is 2.37. The van der Waals surface area contributed by atoms with E-state index in [-0.39, 0.29) is 5.91 Å². The molecular formula is C17H27N3O. The lowest BCUT2D eigenvalue weighted by Gasteiger charge is -2.32. The van der Waals surface area contributed by atoms with Gasteiger partial charge >= 0.3 is 0 Å². The number of nitrogens with one attached hydrogen (secondary N) is 1. The third-order valence-corrected chi connectivity index (χ3v) is 4.36. The van der Waals surface area contributed by atoms with Crippen LogP contribution in [0.25, 0.3) is 0 Å². The van der Waals surface area contributed by atoms with Gasteiger partial charge in [0.2, 0.25) is 5.91 Å². The van der Waals surface area contributed by atoms with Gasteiger partial charge in [-0.15, -0.1) is 0 Å². The zero-order valence-corrected chi connectivity index (χ0v) is 13.4. The van der Waals surface area contributed by atoms with Crippen molar-refractivity contribution in [2.45, 2.75) is 39.3 Å². The Balaban J connectivity index is 1.98. The summed E-state index contributed by atoms with van der Waals surface area (Å²) in [5.74, 6) is 0.0982. The number of piperidine rings is 1. The predicted molar refractivity (Wildman–Crippen MR) is 87.3 cm³/mol. The molecule has 1 saturated heterocycles. The smallest absolute Gasteiger partial charge is 0.219 e. The van der Waals surface area contributed by atoms with Gasteiger partial charge < -0.3 is 15.1 Å². The fourth-order valence-electron chi connectivity index (χ4n) is 2.78. The summed E-state index contributed by atoms with van der Waals surface area (Å²) in [4.78, 5) is 15.7. The zero-order chi connectivity index (χ0) is 15.2. The molecule has 0 bridgehead atoms. The largest absolute Gasteiger partial charge is 0.382 e. The Hall–Kier alpha value is -1.55. The van der Waals surface area contributed by atoms with Gasteiger partial charge in [0.25, 0.3) is 0 Å². The van der Waals surface area contributed by atoms with E-state index in [4.69, 9.17) is 0 Å². The minimum atomic E-state index is 0.0982. The van der Waals surface area contributed by atoms with Crippen LogP contribution in [0.2, 0.25) is 0 Å². The van der Waals surface area contributed by atoms with Gasteiger partial charge in [0.1, 0.15) is 0 Å². The zero-order valence-electron chi connectivity index (χ0n) is 13.4. The van der Waals surface area contributed by atoms with E-state index in [1.54, 1.807) is 11.8 Å². The molecule has 0 saturated carbocycles. The van der Waals surface area contributed by atoms with Crippen LogP contribution in [0.1, 0.15) is 32.3 Å². The van der Waals surface area contributed by atoms with Gasteiger partial charge in [0.05, 0.1) is 0 Å². The highest BCUT2D eigenvalue weighted by Gasteiger charge is 2.18. The normalized spacial score (nSPS) is 16.7. The van der Waals surface area contributed by atoms with Crippen LogP contribution in [0.5, 0.6) is 0 Å². The SMILES string of the molecule is CCN1CCC(Nc2ccccc2CN(C)C(C)=O)CC1. The molecule has 0 aromatic heterocycles. The molecule has 0 spiro atoms. The molecule has 0 aliphatic carbocycles. The minimum Gasteiger partial charge on any atom is -0.382 e. The number of anilines is 1. The average molecular weight is 289 g/mol. The number of para-hydroxylation sites is 1. The fraction of sp³-hybridized carbons (Fsp3) is 0.588. The van der Waals surface area contributed by atoms with Crippen molar-refractivity contribution in [2.24, 2.45) is 0 Å².